The molecule has 4 heteroatoms. The summed E-state index contributed by atoms with van der Waals surface area (Å²) in [5.41, 5.74) is -1.85. The molecule has 18 heavy (non-hydrogen) atoms. The molecule has 5 atom stereocenters. The second-order valence-electron chi connectivity index (χ2n) is 6.35. The molecule has 0 aromatic carbocycles. The van der Waals surface area contributed by atoms with Crippen LogP contribution in [0.3, 0.4) is 0 Å². The lowest BCUT2D eigenvalue weighted by atomic mass is 9.67. The molecule has 2 spiro atoms. The second-order valence-corrected chi connectivity index (χ2v) is 6.35. The summed E-state index contributed by atoms with van der Waals surface area (Å²) in [5.74, 6) is 0.0852. The maximum absolute atomic E-state index is 12.3. The number of hydrogen-bond acceptors (Lipinski definition) is 4. The quantitative estimate of drug-likeness (QED) is 0.608. The zero-order valence-corrected chi connectivity index (χ0v) is 10.6. The van der Waals surface area contributed by atoms with Gasteiger partial charge in [0, 0.05) is 0 Å². The van der Waals surface area contributed by atoms with Gasteiger partial charge in [0.05, 0.1) is 6.42 Å². The Kier molecular flexibility index (Phi) is 1.62. The summed E-state index contributed by atoms with van der Waals surface area (Å²) < 4.78 is 11.8. The van der Waals surface area contributed by atoms with Crippen LogP contribution in [0.5, 0.6) is 0 Å². The smallest absolute Gasteiger partial charge is 0.309 e. The molecule has 4 rings (SSSR count). The van der Waals surface area contributed by atoms with Crippen LogP contribution in [0.15, 0.2) is 12.2 Å². The van der Waals surface area contributed by atoms with Crippen molar-refractivity contribution in [3.63, 3.8) is 0 Å². The number of hydrogen-bond donors (Lipinski definition) is 0. The Balaban J connectivity index is 1.96. The first-order chi connectivity index (χ1) is 8.45. The first kappa shape index (κ1) is 10.7. The highest BCUT2D eigenvalue weighted by molar-refractivity contribution is 6.01. The topological polar surface area (TPSA) is 52.6 Å². The third-order valence-corrected chi connectivity index (χ3v) is 5.61. The van der Waals surface area contributed by atoms with Gasteiger partial charge in [-0.25, -0.2) is 0 Å². The van der Waals surface area contributed by atoms with Crippen molar-refractivity contribution < 1.29 is 19.1 Å². The minimum atomic E-state index is -0.727. The molecule has 3 aliphatic heterocycles. The molecule has 4 nitrogen and oxygen atoms in total. The predicted molar refractivity (Wildman–Crippen MR) is 61.7 cm³/mol. The molecular weight excluding hydrogens is 232 g/mol. The maximum Gasteiger partial charge on any atom is 0.309 e. The van der Waals surface area contributed by atoms with Gasteiger partial charge in [0.2, 0.25) is 0 Å². The van der Waals surface area contributed by atoms with Gasteiger partial charge in [0.15, 0.2) is 5.78 Å². The van der Waals surface area contributed by atoms with E-state index in [4.69, 9.17) is 9.47 Å². The summed E-state index contributed by atoms with van der Waals surface area (Å²) in [6.45, 7) is 4.03. The number of allylic oxidation sites excluding steroid dienone is 1. The first-order valence-electron chi connectivity index (χ1n) is 6.58. The fraction of sp³-hybridized carbons (Fsp3) is 0.714. The van der Waals surface area contributed by atoms with Crippen molar-refractivity contribution in [1.29, 1.82) is 0 Å². The third kappa shape index (κ3) is 0.821. The van der Waals surface area contributed by atoms with Gasteiger partial charge in [0.1, 0.15) is 22.7 Å². The molecule has 0 saturated carbocycles. The first-order valence-corrected chi connectivity index (χ1v) is 6.58. The Morgan fingerprint density at radius 1 is 1.39 bits per heavy atom. The van der Waals surface area contributed by atoms with Gasteiger partial charge < -0.3 is 9.47 Å². The van der Waals surface area contributed by atoms with Crippen LogP contribution in [-0.4, -0.2) is 29.1 Å². The molecule has 96 valence electrons. The average Bonchev–Trinajstić information content (AvgIpc) is 2.82. The van der Waals surface area contributed by atoms with Gasteiger partial charge in [-0.2, -0.15) is 0 Å². The van der Waals surface area contributed by atoms with Gasteiger partial charge in [-0.3, -0.25) is 9.59 Å². The Morgan fingerprint density at radius 2 is 2.17 bits per heavy atom. The van der Waals surface area contributed by atoms with E-state index in [-0.39, 0.29) is 17.7 Å². The highest BCUT2D eigenvalue weighted by Crippen LogP contribution is 2.67. The van der Waals surface area contributed by atoms with Gasteiger partial charge >= 0.3 is 5.97 Å². The van der Waals surface area contributed by atoms with Crippen molar-refractivity contribution in [2.75, 3.05) is 0 Å². The van der Waals surface area contributed by atoms with E-state index in [0.717, 1.165) is 12.8 Å². The van der Waals surface area contributed by atoms with Crippen LogP contribution in [0.25, 0.3) is 0 Å². The van der Waals surface area contributed by atoms with E-state index in [0.29, 0.717) is 6.42 Å². The molecule has 4 aliphatic rings. The molecule has 0 amide bonds. The van der Waals surface area contributed by atoms with Crippen molar-refractivity contribution in [2.24, 2.45) is 11.3 Å². The number of ketones is 1. The molecule has 0 aromatic rings. The van der Waals surface area contributed by atoms with Crippen LogP contribution in [0, 0.1) is 11.3 Å². The Bertz CT molecular complexity index is 510. The number of esters is 1. The molecule has 0 N–H and O–H groups in total. The van der Waals surface area contributed by atoms with Crippen LogP contribution in [-0.2, 0) is 19.1 Å². The fourth-order valence-electron chi connectivity index (χ4n) is 4.62. The average molecular weight is 248 g/mol. The highest BCUT2D eigenvalue weighted by Gasteiger charge is 2.79. The lowest BCUT2D eigenvalue weighted by Gasteiger charge is -2.43. The molecule has 2 bridgehead atoms. The van der Waals surface area contributed by atoms with Crippen molar-refractivity contribution in [2.45, 2.75) is 50.4 Å². The normalized spacial score (nSPS) is 56.6. The Labute approximate surface area is 105 Å². The highest BCUT2D eigenvalue weighted by atomic mass is 16.6. The zero-order chi connectivity index (χ0) is 12.8. The molecular formula is C14H16O4. The van der Waals surface area contributed by atoms with E-state index in [1.807, 2.05) is 13.0 Å². The van der Waals surface area contributed by atoms with E-state index in [9.17, 15) is 9.59 Å². The van der Waals surface area contributed by atoms with E-state index < -0.39 is 22.7 Å². The van der Waals surface area contributed by atoms with Gasteiger partial charge in [-0.15, -0.1) is 0 Å². The van der Waals surface area contributed by atoms with Gasteiger partial charge in [-0.1, -0.05) is 6.92 Å². The summed E-state index contributed by atoms with van der Waals surface area (Å²) in [6.07, 6.45) is 5.18. The van der Waals surface area contributed by atoms with E-state index in [1.165, 1.54) is 0 Å². The van der Waals surface area contributed by atoms with E-state index in [2.05, 4.69) is 6.92 Å². The van der Waals surface area contributed by atoms with Crippen LogP contribution >= 0.6 is 0 Å². The lowest BCUT2D eigenvalue weighted by molar-refractivity contribution is -0.165. The summed E-state index contributed by atoms with van der Waals surface area (Å²) in [6, 6.07) is 0. The van der Waals surface area contributed by atoms with Crippen LogP contribution in [0.1, 0.15) is 33.1 Å². The molecule has 3 saturated heterocycles. The predicted octanol–water partition coefficient (Wildman–Crippen LogP) is 1.38. The number of rotatable bonds is 0. The minimum Gasteiger partial charge on any atom is -0.458 e. The fourth-order valence-corrected chi connectivity index (χ4v) is 4.62. The van der Waals surface area contributed by atoms with Crippen molar-refractivity contribution in [3.05, 3.63) is 12.2 Å². The molecule has 3 heterocycles. The summed E-state index contributed by atoms with van der Waals surface area (Å²) in [7, 11) is 0. The third-order valence-electron chi connectivity index (χ3n) is 5.61. The largest absolute Gasteiger partial charge is 0.458 e. The molecule has 3 fully saturated rings. The molecule has 0 aromatic heterocycles. The summed E-state index contributed by atoms with van der Waals surface area (Å²) in [5, 5.41) is 0. The SMILES string of the molecule is CC1CCC23CC(=O)OC2C2(C)C(=O)C=CC12O3. The van der Waals surface area contributed by atoms with Crippen molar-refractivity contribution >= 4 is 11.8 Å². The van der Waals surface area contributed by atoms with Crippen molar-refractivity contribution in [1.82, 2.24) is 0 Å². The molecule has 1 aliphatic carbocycles. The van der Waals surface area contributed by atoms with Crippen LogP contribution in [0.4, 0.5) is 0 Å². The number of carbonyl (C=O) groups is 2. The zero-order valence-electron chi connectivity index (χ0n) is 10.6. The Morgan fingerprint density at radius 3 is 2.94 bits per heavy atom. The molecule has 5 unspecified atom stereocenters. The maximum atomic E-state index is 12.3. The number of fused-ring (bicyclic) bond motifs is 1. The summed E-state index contributed by atoms with van der Waals surface area (Å²) in [4.78, 5) is 24.0. The minimum absolute atomic E-state index is 0.0397. The van der Waals surface area contributed by atoms with Crippen LogP contribution < -0.4 is 0 Å². The van der Waals surface area contributed by atoms with Gasteiger partial charge in [0.25, 0.3) is 0 Å². The number of carbonyl (C=O) groups excluding carboxylic acids is 2. The lowest BCUT2D eigenvalue weighted by Crippen LogP contribution is -2.52. The monoisotopic (exact) mass is 248 g/mol. The second kappa shape index (κ2) is 2.72. The standard InChI is InChI=1S/C14H16O4/c1-8-3-5-13-7-10(16)17-11(13)12(2)9(15)4-6-14(8,12)18-13/h4,6,8,11H,3,5,7H2,1-2H3. The summed E-state index contributed by atoms with van der Waals surface area (Å²) >= 11 is 0. The molecule has 0 radical (unpaired) electrons. The van der Waals surface area contributed by atoms with E-state index in [1.54, 1.807) is 6.08 Å². The number of ether oxygens (including phenoxy) is 2. The van der Waals surface area contributed by atoms with Crippen molar-refractivity contribution in [3.8, 4) is 0 Å². The Hall–Kier alpha value is -1.16. The van der Waals surface area contributed by atoms with Gasteiger partial charge in [-0.05, 0) is 37.8 Å². The van der Waals surface area contributed by atoms with E-state index >= 15 is 0 Å². The van der Waals surface area contributed by atoms with Crippen LogP contribution in [0.2, 0.25) is 0 Å².